The Morgan fingerprint density at radius 1 is 0.545 bits per heavy atom. The van der Waals surface area contributed by atoms with E-state index >= 15 is 0 Å². The normalized spacial score (nSPS) is 11.2. The summed E-state index contributed by atoms with van der Waals surface area (Å²) >= 11 is 0. The van der Waals surface area contributed by atoms with Crippen molar-refractivity contribution in [3.8, 4) is 0 Å². The lowest BCUT2D eigenvalue weighted by Gasteiger charge is -2.26. The van der Waals surface area contributed by atoms with Crippen molar-refractivity contribution < 1.29 is 0 Å². The Balaban J connectivity index is 1.82. The van der Waals surface area contributed by atoms with Crippen molar-refractivity contribution in [1.29, 1.82) is 0 Å². The summed E-state index contributed by atoms with van der Waals surface area (Å²) in [7, 11) is 0. The van der Waals surface area contributed by atoms with E-state index in [2.05, 4.69) is 85.9 Å². The van der Waals surface area contributed by atoms with Gasteiger partial charge in [-0.1, -0.05) is 74.5 Å². The standard InChI is InChI=1S/C21H21N/c1-21(2,17-9-5-3-6-10-17)18-13-15-20(16-14-18)22-19-11-7-4-8-12-19/h3-16,22H,1-2H3. The van der Waals surface area contributed by atoms with Gasteiger partial charge in [-0.05, 0) is 35.4 Å². The molecule has 0 saturated heterocycles. The van der Waals surface area contributed by atoms with Gasteiger partial charge in [0.05, 0.1) is 0 Å². The summed E-state index contributed by atoms with van der Waals surface area (Å²) < 4.78 is 0. The predicted molar refractivity (Wildman–Crippen MR) is 94.7 cm³/mol. The second kappa shape index (κ2) is 6.07. The molecule has 0 spiro atoms. The van der Waals surface area contributed by atoms with Gasteiger partial charge in [-0.25, -0.2) is 0 Å². The average Bonchev–Trinajstić information content (AvgIpc) is 2.57. The van der Waals surface area contributed by atoms with Crippen LogP contribution in [-0.2, 0) is 5.41 Å². The highest BCUT2D eigenvalue weighted by Gasteiger charge is 2.22. The van der Waals surface area contributed by atoms with E-state index in [4.69, 9.17) is 0 Å². The molecule has 110 valence electrons. The van der Waals surface area contributed by atoms with Gasteiger partial charge < -0.3 is 5.32 Å². The minimum Gasteiger partial charge on any atom is -0.356 e. The molecule has 0 radical (unpaired) electrons. The van der Waals surface area contributed by atoms with Crippen molar-refractivity contribution in [3.05, 3.63) is 96.1 Å². The van der Waals surface area contributed by atoms with Crippen molar-refractivity contribution in [1.82, 2.24) is 0 Å². The zero-order valence-electron chi connectivity index (χ0n) is 13.1. The highest BCUT2D eigenvalue weighted by atomic mass is 14.9. The fourth-order valence-corrected chi connectivity index (χ4v) is 2.68. The molecule has 0 unspecified atom stereocenters. The van der Waals surface area contributed by atoms with Gasteiger partial charge in [0.25, 0.3) is 0 Å². The molecule has 3 aromatic carbocycles. The van der Waals surface area contributed by atoms with Gasteiger partial charge in [0.1, 0.15) is 0 Å². The molecule has 0 atom stereocenters. The molecule has 0 aliphatic carbocycles. The summed E-state index contributed by atoms with van der Waals surface area (Å²) in [6.07, 6.45) is 0. The number of nitrogens with one attached hydrogen (secondary N) is 1. The van der Waals surface area contributed by atoms with Gasteiger partial charge in [-0.15, -0.1) is 0 Å². The Morgan fingerprint density at radius 3 is 1.59 bits per heavy atom. The second-order valence-electron chi connectivity index (χ2n) is 6.06. The van der Waals surface area contributed by atoms with E-state index in [0.717, 1.165) is 11.4 Å². The third kappa shape index (κ3) is 3.04. The molecule has 3 aromatic rings. The van der Waals surface area contributed by atoms with Crippen LogP contribution in [0.3, 0.4) is 0 Å². The van der Waals surface area contributed by atoms with Crippen molar-refractivity contribution in [2.24, 2.45) is 0 Å². The minimum atomic E-state index is 0.00649. The summed E-state index contributed by atoms with van der Waals surface area (Å²) in [5.74, 6) is 0. The minimum absolute atomic E-state index is 0.00649. The van der Waals surface area contributed by atoms with Crippen LogP contribution in [0.25, 0.3) is 0 Å². The van der Waals surface area contributed by atoms with Crippen LogP contribution in [0.1, 0.15) is 25.0 Å². The molecule has 0 aromatic heterocycles. The molecule has 1 N–H and O–H groups in total. The lowest BCUT2D eigenvalue weighted by molar-refractivity contribution is 0.641. The van der Waals surface area contributed by atoms with E-state index in [0.29, 0.717) is 0 Å². The fourth-order valence-electron chi connectivity index (χ4n) is 2.68. The zero-order valence-corrected chi connectivity index (χ0v) is 13.1. The van der Waals surface area contributed by atoms with Gasteiger partial charge in [-0.3, -0.25) is 0 Å². The Bertz CT molecular complexity index is 713. The first-order valence-corrected chi connectivity index (χ1v) is 7.64. The molecule has 1 heteroatoms. The van der Waals surface area contributed by atoms with E-state index in [1.807, 2.05) is 18.2 Å². The van der Waals surface area contributed by atoms with E-state index in [9.17, 15) is 0 Å². The number of para-hydroxylation sites is 1. The Hall–Kier alpha value is -2.54. The molecular formula is C21H21N. The number of hydrogen-bond acceptors (Lipinski definition) is 1. The van der Waals surface area contributed by atoms with Crippen LogP contribution >= 0.6 is 0 Å². The first-order chi connectivity index (χ1) is 10.7. The van der Waals surface area contributed by atoms with Crippen LogP contribution < -0.4 is 5.32 Å². The lowest BCUT2D eigenvalue weighted by atomic mass is 9.78. The largest absolute Gasteiger partial charge is 0.356 e. The third-order valence-corrected chi connectivity index (χ3v) is 4.16. The number of anilines is 2. The summed E-state index contributed by atoms with van der Waals surface area (Å²) in [6, 6.07) is 29.6. The van der Waals surface area contributed by atoms with Gasteiger partial charge in [0, 0.05) is 16.8 Å². The van der Waals surface area contributed by atoms with E-state index in [1.54, 1.807) is 0 Å². The number of benzene rings is 3. The first-order valence-electron chi connectivity index (χ1n) is 7.64. The molecule has 0 saturated carbocycles. The van der Waals surface area contributed by atoms with Crippen LogP contribution in [0.2, 0.25) is 0 Å². The van der Waals surface area contributed by atoms with Gasteiger partial charge >= 0.3 is 0 Å². The van der Waals surface area contributed by atoms with Crippen LogP contribution in [-0.4, -0.2) is 0 Å². The summed E-state index contributed by atoms with van der Waals surface area (Å²) in [6.45, 7) is 4.53. The predicted octanol–water partition coefficient (Wildman–Crippen LogP) is 5.76. The molecule has 0 aliphatic heterocycles. The maximum atomic E-state index is 3.42. The highest BCUT2D eigenvalue weighted by molar-refractivity contribution is 5.60. The molecule has 0 bridgehead atoms. The van der Waals surface area contributed by atoms with Crippen molar-refractivity contribution in [2.45, 2.75) is 19.3 Å². The molecule has 22 heavy (non-hydrogen) atoms. The van der Waals surface area contributed by atoms with E-state index < -0.39 is 0 Å². The van der Waals surface area contributed by atoms with Gasteiger partial charge in [0.15, 0.2) is 0 Å². The molecule has 3 rings (SSSR count). The highest BCUT2D eigenvalue weighted by Crippen LogP contribution is 2.32. The molecule has 0 aliphatic rings. The Kier molecular flexibility index (Phi) is 3.97. The number of hydrogen-bond donors (Lipinski definition) is 1. The maximum Gasteiger partial charge on any atom is 0.0384 e. The van der Waals surface area contributed by atoms with Crippen molar-refractivity contribution >= 4 is 11.4 Å². The van der Waals surface area contributed by atoms with Crippen molar-refractivity contribution in [2.75, 3.05) is 5.32 Å². The molecule has 1 nitrogen and oxygen atoms in total. The first kappa shape index (κ1) is 14.4. The molecule has 0 amide bonds. The monoisotopic (exact) mass is 287 g/mol. The molecule has 0 heterocycles. The molecular weight excluding hydrogens is 266 g/mol. The summed E-state index contributed by atoms with van der Waals surface area (Å²) in [5.41, 5.74) is 4.87. The number of rotatable bonds is 4. The van der Waals surface area contributed by atoms with Gasteiger partial charge in [-0.2, -0.15) is 0 Å². The smallest absolute Gasteiger partial charge is 0.0384 e. The zero-order chi connectivity index (χ0) is 15.4. The Morgan fingerprint density at radius 2 is 1.00 bits per heavy atom. The van der Waals surface area contributed by atoms with Crippen LogP contribution in [0, 0.1) is 0 Å². The summed E-state index contributed by atoms with van der Waals surface area (Å²) in [4.78, 5) is 0. The second-order valence-corrected chi connectivity index (χ2v) is 6.06. The average molecular weight is 287 g/mol. The lowest BCUT2D eigenvalue weighted by Crippen LogP contribution is -2.18. The third-order valence-electron chi connectivity index (χ3n) is 4.16. The van der Waals surface area contributed by atoms with Crippen LogP contribution in [0.15, 0.2) is 84.9 Å². The van der Waals surface area contributed by atoms with Crippen LogP contribution in [0.4, 0.5) is 11.4 Å². The van der Waals surface area contributed by atoms with Crippen molar-refractivity contribution in [3.63, 3.8) is 0 Å². The topological polar surface area (TPSA) is 12.0 Å². The maximum absolute atomic E-state index is 3.42. The summed E-state index contributed by atoms with van der Waals surface area (Å²) in [5, 5.41) is 3.42. The quantitative estimate of drug-likeness (QED) is 0.643. The van der Waals surface area contributed by atoms with Gasteiger partial charge in [0.2, 0.25) is 0 Å². The Labute approximate surface area is 132 Å². The van der Waals surface area contributed by atoms with Crippen LogP contribution in [0.5, 0.6) is 0 Å². The molecule has 0 fully saturated rings. The SMILES string of the molecule is CC(C)(c1ccccc1)c1ccc(Nc2ccccc2)cc1. The van der Waals surface area contributed by atoms with E-state index in [-0.39, 0.29) is 5.41 Å². The fraction of sp³-hybridized carbons (Fsp3) is 0.143. The van der Waals surface area contributed by atoms with E-state index in [1.165, 1.54) is 11.1 Å².